The summed E-state index contributed by atoms with van der Waals surface area (Å²) in [4.78, 5) is 2.51. The van der Waals surface area contributed by atoms with Gasteiger partial charge in [-0.1, -0.05) is 51.4 Å². The first kappa shape index (κ1) is 22.1. The van der Waals surface area contributed by atoms with Crippen molar-refractivity contribution >= 4 is 26.9 Å². The molecule has 2 atom stereocenters. The van der Waals surface area contributed by atoms with E-state index in [1.54, 1.807) is 6.07 Å². The van der Waals surface area contributed by atoms with Crippen LogP contribution in [-0.4, -0.2) is 35.8 Å². The Morgan fingerprint density at radius 3 is 2.70 bits per heavy atom. The summed E-state index contributed by atoms with van der Waals surface area (Å²) in [6, 6.07) is 23.4. The average molecular weight is 509 g/mol. The van der Waals surface area contributed by atoms with Crippen molar-refractivity contribution in [2.24, 2.45) is 0 Å². The maximum atomic E-state index is 13.4. The SMILES string of the molecule is Fc1ccc2c(CCCN3CCC(Oc4ccc(Br)cc4)C(c4ccccc4)C3)noc2c1. The van der Waals surface area contributed by atoms with E-state index >= 15 is 0 Å². The van der Waals surface area contributed by atoms with Crippen LogP contribution in [0.3, 0.4) is 0 Å². The zero-order valence-corrected chi connectivity index (χ0v) is 19.9. The second-order valence-electron chi connectivity index (χ2n) is 8.59. The minimum Gasteiger partial charge on any atom is -0.490 e. The Hall–Kier alpha value is -2.70. The van der Waals surface area contributed by atoms with Crippen LogP contribution in [0.5, 0.6) is 5.75 Å². The Bertz CT molecular complexity index is 1200. The van der Waals surface area contributed by atoms with Gasteiger partial charge in [-0.25, -0.2) is 4.39 Å². The maximum absolute atomic E-state index is 13.4. The molecule has 33 heavy (non-hydrogen) atoms. The molecule has 0 saturated carbocycles. The highest BCUT2D eigenvalue weighted by molar-refractivity contribution is 9.10. The number of ether oxygens (including phenoxy) is 1. The number of hydrogen-bond acceptors (Lipinski definition) is 4. The molecule has 0 radical (unpaired) electrons. The number of fused-ring (bicyclic) bond motifs is 1. The van der Waals surface area contributed by atoms with Crippen molar-refractivity contribution in [3.63, 3.8) is 0 Å². The summed E-state index contributed by atoms with van der Waals surface area (Å²) < 4.78 is 26.2. The topological polar surface area (TPSA) is 38.5 Å². The standard InChI is InChI=1S/C27H26BrFN2O2/c28-20-8-11-22(12-9-20)32-26-14-16-31(18-24(26)19-5-2-1-3-6-19)15-4-7-25-23-13-10-21(29)17-27(23)33-30-25/h1-3,5-6,8-13,17,24,26H,4,7,14-16,18H2. The summed E-state index contributed by atoms with van der Waals surface area (Å²) in [6.07, 6.45) is 2.89. The highest BCUT2D eigenvalue weighted by Gasteiger charge is 2.32. The van der Waals surface area contributed by atoms with Gasteiger partial charge in [-0.15, -0.1) is 0 Å². The van der Waals surface area contributed by atoms with Gasteiger partial charge in [0, 0.05) is 34.9 Å². The summed E-state index contributed by atoms with van der Waals surface area (Å²) in [6.45, 7) is 2.93. The second-order valence-corrected chi connectivity index (χ2v) is 9.51. The largest absolute Gasteiger partial charge is 0.490 e. The Labute approximate surface area is 201 Å². The lowest BCUT2D eigenvalue weighted by atomic mass is 9.87. The third-order valence-electron chi connectivity index (χ3n) is 6.36. The van der Waals surface area contributed by atoms with Crippen molar-refractivity contribution in [1.82, 2.24) is 10.1 Å². The Kier molecular flexibility index (Phi) is 6.74. The lowest BCUT2D eigenvalue weighted by Gasteiger charge is -2.39. The fourth-order valence-corrected chi connectivity index (χ4v) is 4.93. The fourth-order valence-electron chi connectivity index (χ4n) is 4.66. The summed E-state index contributed by atoms with van der Waals surface area (Å²) in [7, 11) is 0. The minimum atomic E-state index is -0.301. The van der Waals surface area contributed by atoms with Crippen LogP contribution < -0.4 is 4.74 Å². The van der Waals surface area contributed by atoms with Gasteiger partial charge in [0.2, 0.25) is 0 Å². The monoisotopic (exact) mass is 508 g/mol. The Balaban J connectivity index is 1.24. The highest BCUT2D eigenvalue weighted by atomic mass is 79.9. The number of likely N-dealkylation sites (tertiary alicyclic amines) is 1. The average Bonchev–Trinajstić information content (AvgIpc) is 3.24. The summed E-state index contributed by atoms with van der Waals surface area (Å²) in [5, 5.41) is 5.07. The van der Waals surface area contributed by atoms with E-state index in [4.69, 9.17) is 9.26 Å². The molecule has 4 nitrogen and oxygen atoms in total. The number of benzene rings is 3. The second kappa shape index (κ2) is 10.1. The van der Waals surface area contributed by atoms with Crippen LogP contribution in [0.15, 0.2) is 81.8 Å². The van der Waals surface area contributed by atoms with Crippen molar-refractivity contribution in [2.75, 3.05) is 19.6 Å². The molecule has 0 amide bonds. The quantitative estimate of drug-likeness (QED) is 0.282. The van der Waals surface area contributed by atoms with E-state index in [1.165, 1.54) is 17.7 Å². The molecule has 0 N–H and O–H groups in total. The van der Waals surface area contributed by atoms with Gasteiger partial charge in [0.25, 0.3) is 0 Å². The van der Waals surface area contributed by atoms with Gasteiger partial charge in [0.1, 0.15) is 17.7 Å². The molecule has 2 heterocycles. The lowest BCUT2D eigenvalue weighted by molar-refractivity contribution is 0.0771. The van der Waals surface area contributed by atoms with E-state index in [2.05, 4.69) is 56.3 Å². The van der Waals surface area contributed by atoms with Crippen molar-refractivity contribution in [1.29, 1.82) is 0 Å². The minimum absolute atomic E-state index is 0.138. The summed E-state index contributed by atoms with van der Waals surface area (Å²) in [5.74, 6) is 0.914. The van der Waals surface area contributed by atoms with Gasteiger partial charge in [-0.3, -0.25) is 0 Å². The van der Waals surface area contributed by atoms with E-state index in [1.807, 2.05) is 24.3 Å². The van der Waals surface area contributed by atoms with Gasteiger partial charge in [-0.2, -0.15) is 0 Å². The molecule has 1 aliphatic heterocycles. The molecule has 3 aromatic carbocycles. The molecule has 0 bridgehead atoms. The fraction of sp³-hybridized carbons (Fsp3) is 0.296. The number of aromatic nitrogens is 1. The lowest BCUT2D eigenvalue weighted by Crippen LogP contribution is -2.44. The van der Waals surface area contributed by atoms with Gasteiger partial charge < -0.3 is 14.2 Å². The number of rotatable bonds is 7. The van der Waals surface area contributed by atoms with Crippen molar-refractivity contribution in [3.8, 4) is 5.75 Å². The van der Waals surface area contributed by atoms with Crippen molar-refractivity contribution in [3.05, 3.63) is 94.3 Å². The van der Waals surface area contributed by atoms with Crippen molar-refractivity contribution in [2.45, 2.75) is 31.3 Å². The highest BCUT2D eigenvalue weighted by Crippen LogP contribution is 2.31. The van der Waals surface area contributed by atoms with Crippen LogP contribution in [0.1, 0.15) is 30.0 Å². The van der Waals surface area contributed by atoms with E-state index in [-0.39, 0.29) is 11.9 Å². The molecule has 0 aliphatic carbocycles. The molecule has 1 aliphatic rings. The first-order valence-electron chi connectivity index (χ1n) is 11.4. The molecule has 0 spiro atoms. The molecular formula is C27H26BrFN2O2. The van der Waals surface area contributed by atoms with Crippen LogP contribution in [-0.2, 0) is 6.42 Å². The maximum Gasteiger partial charge on any atom is 0.170 e. The smallest absolute Gasteiger partial charge is 0.170 e. The summed E-state index contributed by atoms with van der Waals surface area (Å²) >= 11 is 3.49. The molecule has 4 aromatic rings. The number of hydrogen-bond donors (Lipinski definition) is 0. The zero-order chi connectivity index (χ0) is 22.6. The van der Waals surface area contributed by atoms with Gasteiger partial charge in [-0.05, 0) is 67.8 Å². The predicted molar refractivity (Wildman–Crippen MR) is 131 cm³/mol. The van der Waals surface area contributed by atoms with E-state index < -0.39 is 0 Å². The summed E-state index contributed by atoms with van der Waals surface area (Å²) in [5.41, 5.74) is 2.73. The molecule has 170 valence electrons. The third kappa shape index (κ3) is 5.28. The van der Waals surface area contributed by atoms with Crippen LogP contribution in [0.2, 0.25) is 0 Å². The number of halogens is 2. The molecule has 5 rings (SSSR count). The molecular weight excluding hydrogens is 483 g/mol. The number of aryl methyl sites for hydroxylation is 1. The zero-order valence-electron chi connectivity index (χ0n) is 18.3. The molecule has 1 saturated heterocycles. The number of piperidine rings is 1. The molecule has 1 fully saturated rings. The van der Waals surface area contributed by atoms with Gasteiger partial charge >= 0.3 is 0 Å². The molecule has 1 aromatic heterocycles. The van der Waals surface area contributed by atoms with Crippen LogP contribution in [0, 0.1) is 5.82 Å². The van der Waals surface area contributed by atoms with Gasteiger partial charge in [0.05, 0.1) is 5.69 Å². The molecule has 2 unspecified atom stereocenters. The first-order valence-corrected chi connectivity index (χ1v) is 12.2. The van der Waals surface area contributed by atoms with E-state index in [0.29, 0.717) is 11.5 Å². The first-order chi connectivity index (χ1) is 16.2. The van der Waals surface area contributed by atoms with Crippen LogP contribution >= 0.6 is 15.9 Å². The third-order valence-corrected chi connectivity index (χ3v) is 6.89. The van der Waals surface area contributed by atoms with Crippen molar-refractivity contribution < 1.29 is 13.7 Å². The van der Waals surface area contributed by atoms with Crippen LogP contribution in [0.4, 0.5) is 4.39 Å². The van der Waals surface area contributed by atoms with Crippen LogP contribution in [0.25, 0.3) is 11.0 Å². The number of nitrogens with zero attached hydrogens (tertiary/aromatic N) is 2. The Morgan fingerprint density at radius 1 is 1.06 bits per heavy atom. The Morgan fingerprint density at radius 2 is 1.88 bits per heavy atom. The predicted octanol–water partition coefficient (Wildman–Crippen LogP) is 6.60. The van der Waals surface area contributed by atoms with Gasteiger partial charge in [0.15, 0.2) is 5.58 Å². The van der Waals surface area contributed by atoms with E-state index in [9.17, 15) is 4.39 Å². The molecule has 6 heteroatoms. The van der Waals surface area contributed by atoms with E-state index in [0.717, 1.165) is 60.2 Å². The normalized spacial score (nSPS) is 19.1.